The first-order valence-electron chi connectivity index (χ1n) is 3.54. The van der Waals surface area contributed by atoms with Gasteiger partial charge in [0.15, 0.2) is 0 Å². The van der Waals surface area contributed by atoms with E-state index in [-0.39, 0.29) is 24.9 Å². The molecule has 72 valence electrons. The third-order valence-corrected chi connectivity index (χ3v) is 1.31. The lowest BCUT2D eigenvalue weighted by Gasteiger charge is -2.02. The van der Waals surface area contributed by atoms with Crippen LogP contribution in [0.4, 0.5) is 5.82 Å². The number of ether oxygens (including phenoxy) is 1. The zero-order chi connectivity index (χ0) is 8.81. The smallest absolute Gasteiger partial charge is 0.325 e. The monoisotopic (exact) mass is 202 g/mol. The predicted molar refractivity (Wildman–Crippen MR) is 52.0 cm³/mol. The minimum atomic E-state index is -0.305. The molecule has 0 fully saturated rings. The molecule has 0 unspecified atom stereocenters. The fourth-order valence-electron chi connectivity index (χ4n) is 0.702. The number of nitrogens with zero attached hydrogens (tertiary/aromatic N) is 1. The quantitative estimate of drug-likeness (QED) is 0.746. The van der Waals surface area contributed by atoms with Gasteiger partial charge in [0.2, 0.25) is 0 Å². The second-order valence-electron chi connectivity index (χ2n) is 2.14. The van der Waals surface area contributed by atoms with Gasteiger partial charge in [0, 0.05) is 6.20 Å². The van der Waals surface area contributed by atoms with Crippen molar-refractivity contribution in [1.29, 1.82) is 0 Å². The molecule has 0 saturated carbocycles. The van der Waals surface area contributed by atoms with E-state index in [4.69, 9.17) is 0 Å². The van der Waals surface area contributed by atoms with Gasteiger partial charge < -0.3 is 10.1 Å². The Morgan fingerprint density at radius 2 is 2.38 bits per heavy atom. The number of rotatable bonds is 3. The molecule has 0 aliphatic heterocycles. The van der Waals surface area contributed by atoms with Crippen LogP contribution in [-0.2, 0) is 9.53 Å². The Hall–Kier alpha value is -1.29. The number of pyridine rings is 1. The van der Waals surface area contributed by atoms with Crippen molar-refractivity contribution in [3.05, 3.63) is 24.4 Å². The van der Waals surface area contributed by atoms with Crippen molar-refractivity contribution in [3.63, 3.8) is 0 Å². The van der Waals surface area contributed by atoms with Gasteiger partial charge in [0.05, 0.1) is 7.11 Å². The Balaban J connectivity index is 0.00000144. The normalized spacial score (nSPS) is 8.38. The van der Waals surface area contributed by atoms with Crippen LogP contribution in [0.15, 0.2) is 24.4 Å². The van der Waals surface area contributed by atoms with E-state index in [0.717, 1.165) is 0 Å². The first kappa shape index (κ1) is 11.7. The highest BCUT2D eigenvalue weighted by molar-refractivity contribution is 5.85. The Morgan fingerprint density at radius 1 is 1.62 bits per heavy atom. The van der Waals surface area contributed by atoms with Crippen LogP contribution in [0.5, 0.6) is 0 Å². The Kier molecular flexibility index (Phi) is 5.63. The number of hydrogen-bond acceptors (Lipinski definition) is 4. The van der Waals surface area contributed by atoms with Gasteiger partial charge >= 0.3 is 5.97 Å². The van der Waals surface area contributed by atoms with Gasteiger partial charge in [-0.2, -0.15) is 0 Å². The summed E-state index contributed by atoms with van der Waals surface area (Å²) in [7, 11) is 1.35. The highest BCUT2D eigenvalue weighted by Gasteiger charge is 1.98. The molecule has 0 amide bonds. The molecule has 5 heteroatoms. The Labute approximate surface area is 82.7 Å². The van der Waals surface area contributed by atoms with Crippen LogP contribution in [0.25, 0.3) is 0 Å². The minimum Gasteiger partial charge on any atom is -0.468 e. The molecule has 0 aromatic carbocycles. The molecular weight excluding hydrogens is 192 g/mol. The number of nitrogens with one attached hydrogen (secondary N) is 1. The molecule has 0 spiro atoms. The first-order chi connectivity index (χ1) is 5.83. The fourth-order valence-corrected chi connectivity index (χ4v) is 0.702. The van der Waals surface area contributed by atoms with Gasteiger partial charge in [0.25, 0.3) is 0 Å². The summed E-state index contributed by atoms with van der Waals surface area (Å²) < 4.78 is 4.44. The molecule has 1 aromatic rings. The summed E-state index contributed by atoms with van der Waals surface area (Å²) >= 11 is 0. The SMILES string of the molecule is COC(=O)CNc1ccccn1.Cl. The molecular formula is C8H11ClN2O2. The van der Waals surface area contributed by atoms with Crippen LogP contribution in [0, 0.1) is 0 Å². The number of anilines is 1. The van der Waals surface area contributed by atoms with Crippen molar-refractivity contribution in [2.75, 3.05) is 19.0 Å². The fraction of sp³-hybridized carbons (Fsp3) is 0.250. The van der Waals surface area contributed by atoms with E-state index in [1.165, 1.54) is 7.11 Å². The summed E-state index contributed by atoms with van der Waals surface area (Å²) in [5, 5.41) is 2.81. The predicted octanol–water partition coefficient (Wildman–Crippen LogP) is 1.09. The van der Waals surface area contributed by atoms with Crippen LogP contribution in [0.1, 0.15) is 0 Å². The van der Waals surface area contributed by atoms with Gasteiger partial charge in [-0.05, 0) is 12.1 Å². The summed E-state index contributed by atoms with van der Waals surface area (Å²) in [6.07, 6.45) is 1.65. The van der Waals surface area contributed by atoms with Crippen LogP contribution in [0.3, 0.4) is 0 Å². The van der Waals surface area contributed by atoms with E-state index in [1.54, 1.807) is 12.3 Å². The van der Waals surface area contributed by atoms with Gasteiger partial charge in [-0.1, -0.05) is 6.07 Å². The maximum Gasteiger partial charge on any atom is 0.325 e. The third kappa shape index (κ3) is 4.32. The van der Waals surface area contributed by atoms with Crippen molar-refractivity contribution in [2.24, 2.45) is 0 Å². The average Bonchev–Trinajstić information content (AvgIpc) is 2.16. The number of esters is 1. The average molecular weight is 203 g/mol. The summed E-state index contributed by atoms with van der Waals surface area (Å²) in [4.78, 5) is 14.6. The molecule has 1 rings (SSSR count). The lowest BCUT2D eigenvalue weighted by molar-refractivity contribution is -0.138. The number of methoxy groups -OCH3 is 1. The van der Waals surface area contributed by atoms with E-state index in [9.17, 15) is 4.79 Å². The first-order valence-corrected chi connectivity index (χ1v) is 3.54. The molecule has 1 heterocycles. The number of halogens is 1. The van der Waals surface area contributed by atoms with Crippen molar-refractivity contribution in [2.45, 2.75) is 0 Å². The van der Waals surface area contributed by atoms with E-state index < -0.39 is 0 Å². The van der Waals surface area contributed by atoms with Crippen LogP contribution in [-0.4, -0.2) is 24.6 Å². The van der Waals surface area contributed by atoms with Gasteiger partial charge in [-0.25, -0.2) is 4.98 Å². The van der Waals surface area contributed by atoms with Crippen LogP contribution >= 0.6 is 12.4 Å². The summed E-state index contributed by atoms with van der Waals surface area (Å²) in [6.45, 7) is 0.146. The molecule has 1 aromatic heterocycles. The topological polar surface area (TPSA) is 51.2 Å². The molecule has 0 saturated heterocycles. The molecule has 0 aliphatic carbocycles. The highest BCUT2D eigenvalue weighted by Crippen LogP contribution is 1.98. The summed E-state index contributed by atoms with van der Waals surface area (Å²) in [6, 6.07) is 5.43. The zero-order valence-electron chi connectivity index (χ0n) is 7.19. The second kappa shape index (κ2) is 6.25. The van der Waals surface area contributed by atoms with E-state index >= 15 is 0 Å². The maximum atomic E-state index is 10.7. The molecule has 4 nitrogen and oxygen atoms in total. The molecule has 0 radical (unpaired) electrons. The molecule has 1 N–H and O–H groups in total. The molecule has 0 bridgehead atoms. The van der Waals surface area contributed by atoms with Crippen molar-refractivity contribution >= 4 is 24.2 Å². The summed E-state index contributed by atoms with van der Waals surface area (Å²) in [5.74, 6) is 0.364. The zero-order valence-corrected chi connectivity index (χ0v) is 8.00. The highest BCUT2D eigenvalue weighted by atomic mass is 35.5. The lowest BCUT2D eigenvalue weighted by atomic mass is 10.4. The van der Waals surface area contributed by atoms with E-state index in [2.05, 4.69) is 15.0 Å². The summed E-state index contributed by atoms with van der Waals surface area (Å²) in [5.41, 5.74) is 0. The van der Waals surface area contributed by atoms with Crippen LogP contribution < -0.4 is 5.32 Å². The van der Waals surface area contributed by atoms with Crippen molar-refractivity contribution < 1.29 is 9.53 Å². The van der Waals surface area contributed by atoms with Gasteiger partial charge in [-0.3, -0.25) is 4.79 Å². The van der Waals surface area contributed by atoms with Crippen molar-refractivity contribution in [3.8, 4) is 0 Å². The maximum absolute atomic E-state index is 10.7. The van der Waals surface area contributed by atoms with Crippen LogP contribution in [0.2, 0.25) is 0 Å². The number of carbonyl (C=O) groups excluding carboxylic acids is 1. The molecule has 0 atom stereocenters. The number of carbonyl (C=O) groups is 1. The van der Waals surface area contributed by atoms with E-state index in [1.807, 2.05) is 12.1 Å². The van der Waals surface area contributed by atoms with E-state index in [0.29, 0.717) is 5.82 Å². The second-order valence-corrected chi connectivity index (χ2v) is 2.14. The Bertz CT molecular complexity index is 254. The minimum absolute atomic E-state index is 0. The van der Waals surface area contributed by atoms with Gasteiger partial charge in [-0.15, -0.1) is 12.4 Å². The van der Waals surface area contributed by atoms with Gasteiger partial charge in [0.1, 0.15) is 12.4 Å². The lowest BCUT2D eigenvalue weighted by Crippen LogP contribution is -2.15. The van der Waals surface area contributed by atoms with Crippen molar-refractivity contribution in [1.82, 2.24) is 4.98 Å². The third-order valence-electron chi connectivity index (χ3n) is 1.31. The Morgan fingerprint density at radius 3 is 2.92 bits per heavy atom. The molecule has 13 heavy (non-hydrogen) atoms. The standard InChI is InChI=1S/C8H10N2O2.ClH/c1-12-8(11)6-10-7-4-2-3-5-9-7;/h2-5H,6H2,1H3,(H,9,10);1H. The number of hydrogen-bond donors (Lipinski definition) is 1. The number of aromatic nitrogens is 1. The molecule has 0 aliphatic rings. The largest absolute Gasteiger partial charge is 0.468 e.